The standard InChI is InChI=1S/C52H35NS/c1-3-18-36(19-4-1)39-24-7-11-32-47(39)53(49-34-13-9-26-42(49)45-30-17-31-46-43-27-10-14-35-50(43)54-52(45)46)48-33-12-8-25-41(48)44-29-16-23-38-22-15-28-40(51(38)44)37-20-5-2-6-21-37/h1-35H. The highest BCUT2D eigenvalue weighted by Gasteiger charge is 2.25. The van der Waals surface area contributed by atoms with E-state index in [2.05, 4.69) is 217 Å². The molecule has 0 bridgehead atoms. The second-order valence-electron chi connectivity index (χ2n) is 13.6. The average Bonchev–Trinajstić information content (AvgIpc) is 3.64. The van der Waals surface area contributed by atoms with E-state index in [1.807, 2.05) is 11.3 Å². The Hall–Kier alpha value is -6.74. The molecule has 0 fully saturated rings. The number of rotatable bonds is 7. The number of benzene rings is 9. The van der Waals surface area contributed by atoms with Gasteiger partial charge in [0, 0.05) is 42.4 Å². The topological polar surface area (TPSA) is 3.24 Å². The van der Waals surface area contributed by atoms with Gasteiger partial charge in [0.1, 0.15) is 0 Å². The summed E-state index contributed by atoms with van der Waals surface area (Å²) in [5.41, 5.74) is 13.0. The van der Waals surface area contributed by atoms with E-state index in [0.717, 1.165) is 17.1 Å². The van der Waals surface area contributed by atoms with Gasteiger partial charge in [-0.1, -0.05) is 188 Å². The number of para-hydroxylation sites is 3. The van der Waals surface area contributed by atoms with Crippen LogP contribution in [-0.4, -0.2) is 0 Å². The maximum absolute atomic E-state index is 2.50. The summed E-state index contributed by atoms with van der Waals surface area (Å²) in [4.78, 5) is 2.50. The first kappa shape index (κ1) is 32.0. The van der Waals surface area contributed by atoms with E-state index in [1.54, 1.807) is 0 Å². The van der Waals surface area contributed by atoms with E-state index in [4.69, 9.17) is 0 Å². The molecule has 0 atom stereocenters. The van der Waals surface area contributed by atoms with Crippen molar-refractivity contribution >= 4 is 59.3 Å². The Morgan fingerprint density at radius 1 is 0.296 bits per heavy atom. The third-order valence-electron chi connectivity index (χ3n) is 10.5. The molecule has 2 heteroatoms. The molecule has 0 aliphatic rings. The highest BCUT2D eigenvalue weighted by molar-refractivity contribution is 7.26. The van der Waals surface area contributed by atoms with E-state index >= 15 is 0 Å². The van der Waals surface area contributed by atoms with Crippen molar-refractivity contribution in [3.63, 3.8) is 0 Å². The fraction of sp³-hybridized carbons (Fsp3) is 0. The summed E-state index contributed by atoms with van der Waals surface area (Å²) in [6, 6.07) is 77.2. The van der Waals surface area contributed by atoms with Crippen LogP contribution in [0.3, 0.4) is 0 Å². The zero-order chi connectivity index (χ0) is 35.8. The lowest BCUT2D eigenvalue weighted by Crippen LogP contribution is -2.13. The molecule has 9 aromatic carbocycles. The molecule has 0 aliphatic heterocycles. The molecule has 0 amide bonds. The molecule has 0 radical (unpaired) electrons. The maximum atomic E-state index is 2.50. The Balaban J connectivity index is 1.28. The number of hydrogen-bond acceptors (Lipinski definition) is 2. The van der Waals surface area contributed by atoms with Gasteiger partial charge in [-0.2, -0.15) is 0 Å². The smallest absolute Gasteiger partial charge is 0.0541 e. The van der Waals surface area contributed by atoms with Crippen molar-refractivity contribution in [2.75, 3.05) is 4.90 Å². The highest BCUT2D eigenvalue weighted by Crippen LogP contribution is 2.50. The van der Waals surface area contributed by atoms with Gasteiger partial charge in [0.15, 0.2) is 0 Å². The van der Waals surface area contributed by atoms with E-state index in [9.17, 15) is 0 Å². The maximum Gasteiger partial charge on any atom is 0.0541 e. The number of anilines is 3. The van der Waals surface area contributed by atoms with Crippen LogP contribution in [0.4, 0.5) is 17.1 Å². The van der Waals surface area contributed by atoms with Gasteiger partial charge in [0.2, 0.25) is 0 Å². The summed E-state index contributed by atoms with van der Waals surface area (Å²) < 4.78 is 2.61. The summed E-state index contributed by atoms with van der Waals surface area (Å²) in [6.45, 7) is 0. The van der Waals surface area contributed by atoms with Gasteiger partial charge >= 0.3 is 0 Å². The van der Waals surface area contributed by atoms with Gasteiger partial charge < -0.3 is 4.90 Å². The molecule has 0 N–H and O–H groups in total. The van der Waals surface area contributed by atoms with Gasteiger partial charge in [0.05, 0.1) is 17.1 Å². The highest BCUT2D eigenvalue weighted by atomic mass is 32.1. The first-order valence-electron chi connectivity index (χ1n) is 18.4. The van der Waals surface area contributed by atoms with Gasteiger partial charge in [-0.25, -0.2) is 0 Å². The molecule has 0 saturated carbocycles. The molecule has 10 rings (SSSR count). The van der Waals surface area contributed by atoms with Crippen LogP contribution in [0.1, 0.15) is 0 Å². The predicted molar refractivity (Wildman–Crippen MR) is 233 cm³/mol. The molecule has 0 spiro atoms. The summed E-state index contributed by atoms with van der Waals surface area (Å²) >= 11 is 1.88. The Kier molecular flexibility index (Phi) is 8.09. The average molecular weight is 706 g/mol. The summed E-state index contributed by atoms with van der Waals surface area (Å²) in [6.07, 6.45) is 0. The quantitative estimate of drug-likeness (QED) is 0.160. The minimum absolute atomic E-state index is 1.12. The zero-order valence-corrected chi connectivity index (χ0v) is 30.4. The second-order valence-corrected chi connectivity index (χ2v) is 14.7. The molecular formula is C52H35NS. The fourth-order valence-electron chi connectivity index (χ4n) is 8.10. The molecule has 0 unspecified atom stereocenters. The van der Waals surface area contributed by atoms with Gasteiger partial charge in [-0.05, 0) is 57.3 Å². The summed E-state index contributed by atoms with van der Waals surface area (Å²) in [5, 5.41) is 5.07. The van der Waals surface area contributed by atoms with E-state index in [0.29, 0.717) is 0 Å². The Bertz CT molecular complexity index is 2940. The largest absolute Gasteiger partial charge is 0.309 e. The minimum Gasteiger partial charge on any atom is -0.309 e. The molecule has 1 nitrogen and oxygen atoms in total. The van der Waals surface area contributed by atoms with Crippen molar-refractivity contribution in [3.05, 3.63) is 212 Å². The van der Waals surface area contributed by atoms with Crippen molar-refractivity contribution in [3.8, 4) is 44.5 Å². The van der Waals surface area contributed by atoms with Crippen molar-refractivity contribution in [2.24, 2.45) is 0 Å². The molecule has 10 aromatic rings. The predicted octanol–water partition coefficient (Wildman–Crippen LogP) is 15.3. The SMILES string of the molecule is c1ccc(-c2ccccc2N(c2ccccc2-c2cccc3c2sc2ccccc23)c2ccccc2-c2cccc3cccc(-c4ccccc4)c23)cc1. The Morgan fingerprint density at radius 2 is 0.741 bits per heavy atom. The Labute approximate surface area is 319 Å². The Morgan fingerprint density at radius 3 is 1.43 bits per heavy atom. The number of hydrogen-bond donors (Lipinski definition) is 0. The van der Waals surface area contributed by atoms with Gasteiger partial charge in [-0.3, -0.25) is 0 Å². The summed E-state index contributed by atoms with van der Waals surface area (Å²) in [5.74, 6) is 0. The third kappa shape index (κ3) is 5.47. The van der Waals surface area contributed by atoms with Crippen LogP contribution in [0.25, 0.3) is 75.5 Å². The molecule has 1 aromatic heterocycles. The van der Waals surface area contributed by atoms with Gasteiger partial charge in [0.25, 0.3) is 0 Å². The van der Waals surface area contributed by atoms with Crippen molar-refractivity contribution in [1.82, 2.24) is 0 Å². The lowest BCUT2D eigenvalue weighted by molar-refractivity contribution is 1.29. The van der Waals surface area contributed by atoms with Crippen LogP contribution in [-0.2, 0) is 0 Å². The zero-order valence-electron chi connectivity index (χ0n) is 29.6. The molecular weight excluding hydrogens is 671 g/mol. The number of thiophene rings is 1. The molecule has 54 heavy (non-hydrogen) atoms. The number of nitrogens with zero attached hydrogens (tertiary/aromatic N) is 1. The molecule has 1 heterocycles. The number of fused-ring (bicyclic) bond motifs is 4. The first-order valence-corrected chi connectivity index (χ1v) is 19.3. The van der Waals surface area contributed by atoms with Crippen molar-refractivity contribution < 1.29 is 0 Å². The molecule has 254 valence electrons. The van der Waals surface area contributed by atoms with Crippen LogP contribution < -0.4 is 4.90 Å². The lowest BCUT2D eigenvalue weighted by Gasteiger charge is -2.32. The van der Waals surface area contributed by atoms with E-state index < -0.39 is 0 Å². The van der Waals surface area contributed by atoms with Gasteiger partial charge in [-0.15, -0.1) is 11.3 Å². The lowest BCUT2D eigenvalue weighted by atomic mass is 9.90. The normalized spacial score (nSPS) is 11.3. The van der Waals surface area contributed by atoms with Crippen LogP contribution in [0.15, 0.2) is 212 Å². The molecule has 0 saturated heterocycles. The fourth-order valence-corrected chi connectivity index (χ4v) is 9.33. The van der Waals surface area contributed by atoms with Crippen LogP contribution in [0, 0.1) is 0 Å². The third-order valence-corrected chi connectivity index (χ3v) is 11.7. The first-order chi connectivity index (χ1) is 26.8. The van der Waals surface area contributed by atoms with Crippen LogP contribution >= 0.6 is 11.3 Å². The van der Waals surface area contributed by atoms with Crippen molar-refractivity contribution in [2.45, 2.75) is 0 Å². The minimum atomic E-state index is 1.12. The van der Waals surface area contributed by atoms with Crippen molar-refractivity contribution in [1.29, 1.82) is 0 Å². The van der Waals surface area contributed by atoms with Crippen LogP contribution in [0.2, 0.25) is 0 Å². The second kappa shape index (κ2) is 13.7. The summed E-state index contributed by atoms with van der Waals surface area (Å²) in [7, 11) is 0. The monoisotopic (exact) mass is 705 g/mol. The van der Waals surface area contributed by atoms with E-state index in [1.165, 1.54) is 75.5 Å². The van der Waals surface area contributed by atoms with Crippen LogP contribution in [0.5, 0.6) is 0 Å². The molecule has 0 aliphatic carbocycles. The van der Waals surface area contributed by atoms with E-state index in [-0.39, 0.29) is 0 Å².